The summed E-state index contributed by atoms with van der Waals surface area (Å²) in [6.45, 7) is 10.7. The van der Waals surface area contributed by atoms with Crippen molar-refractivity contribution < 1.29 is 4.42 Å². The van der Waals surface area contributed by atoms with E-state index in [9.17, 15) is 0 Å². The maximum Gasteiger partial charge on any atom is 0.103 e. The molecule has 15 heavy (non-hydrogen) atoms. The lowest BCUT2D eigenvalue weighted by atomic mass is 10.2. The van der Waals surface area contributed by atoms with E-state index in [2.05, 4.69) is 53.5 Å². The van der Waals surface area contributed by atoms with E-state index in [0.29, 0.717) is 0 Å². The largest absolute Gasteiger partial charge is 0.469 e. The van der Waals surface area contributed by atoms with Crippen molar-refractivity contribution in [1.29, 1.82) is 0 Å². The molecule has 0 aliphatic heterocycles. The molecule has 0 atom stereocenters. The fourth-order valence-electron chi connectivity index (χ4n) is 0.797. The van der Waals surface area contributed by atoms with E-state index < -0.39 is 0 Å². The zero-order valence-corrected chi connectivity index (χ0v) is 10.7. The molecule has 0 amide bonds. The van der Waals surface area contributed by atoms with Gasteiger partial charge in [-0.25, -0.2) is 0 Å². The average Bonchev–Trinajstić information content (AvgIpc) is 2.67. The Labute approximate surface area is 94.9 Å². The summed E-state index contributed by atoms with van der Waals surface area (Å²) in [7, 11) is 0. The van der Waals surface area contributed by atoms with E-state index in [0.717, 1.165) is 24.5 Å². The van der Waals surface area contributed by atoms with Crippen LogP contribution in [0.3, 0.4) is 0 Å². The third kappa shape index (κ3) is 10.8. The van der Waals surface area contributed by atoms with Crippen LogP contribution in [0.5, 0.6) is 0 Å². The van der Waals surface area contributed by atoms with Crippen LogP contribution in [0, 0.1) is 18.8 Å². The molecule has 0 N–H and O–H groups in total. The summed E-state index contributed by atoms with van der Waals surface area (Å²) in [6.07, 6.45) is 11.9. The first-order valence-corrected chi connectivity index (χ1v) is 5.49. The molecular formula is C14H24O. The number of terminal acetylenes is 1. The molecule has 0 radical (unpaired) electrons. The molecule has 1 heteroatoms. The smallest absolute Gasteiger partial charge is 0.103 e. The molecule has 86 valence electrons. The molecule has 0 unspecified atom stereocenters. The van der Waals surface area contributed by atoms with Gasteiger partial charge < -0.3 is 4.42 Å². The van der Waals surface area contributed by atoms with E-state index >= 15 is 0 Å². The van der Waals surface area contributed by atoms with Gasteiger partial charge in [0.15, 0.2) is 0 Å². The second-order valence-corrected chi connectivity index (χ2v) is 3.86. The molecule has 0 spiro atoms. The maximum atomic E-state index is 5.20. The number of rotatable bonds is 2. The molecule has 0 saturated heterocycles. The Morgan fingerprint density at radius 1 is 1.13 bits per heavy atom. The van der Waals surface area contributed by atoms with Crippen molar-refractivity contribution in [3.63, 3.8) is 0 Å². The zero-order valence-electron chi connectivity index (χ0n) is 10.7. The summed E-state index contributed by atoms with van der Waals surface area (Å²) in [5.74, 6) is 1.92. The topological polar surface area (TPSA) is 13.1 Å². The van der Waals surface area contributed by atoms with Gasteiger partial charge in [-0.2, -0.15) is 0 Å². The Balaban J connectivity index is 0. The second kappa shape index (κ2) is 10.9. The van der Waals surface area contributed by atoms with Crippen molar-refractivity contribution >= 4 is 0 Å². The number of hydrogen-bond donors (Lipinski definition) is 0. The van der Waals surface area contributed by atoms with Crippen LogP contribution in [0.1, 0.15) is 45.9 Å². The minimum Gasteiger partial charge on any atom is -0.469 e. The first-order chi connectivity index (χ1) is 7.10. The van der Waals surface area contributed by atoms with Gasteiger partial charge in [0.25, 0.3) is 0 Å². The normalized spacial score (nSPS) is 8.53. The number of furan rings is 1. The van der Waals surface area contributed by atoms with E-state index in [1.807, 2.05) is 6.26 Å². The van der Waals surface area contributed by atoms with E-state index in [1.165, 1.54) is 5.56 Å². The van der Waals surface area contributed by atoms with Gasteiger partial charge in [-0.15, -0.1) is 12.8 Å². The lowest BCUT2D eigenvalue weighted by molar-refractivity contribution is 0.514. The highest BCUT2D eigenvalue weighted by Crippen LogP contribution is 2.07. The summed E-state index contributed by atoms with van der Waals surface area (Å²) < 4.78 is 5.20. The van der Waals surface area contributed by atoms with E-state index in [1.54, 1.807) is 0 Å². The molecule has 1 aromatic heterocycles. The molecule has 1 aromatic rings. The summed E-state index contributed by atoms with van der Waals surface area (Å²) in [6, 6.07) is 2.11. The van der Waals surface area contributed by atoms with Crippen molar-refractivity contribution in [3.8, 4) is 12.8 Å². The van der Waals surface area contributed by atoms with Crippen molar-refractivity contribution in [1.82, 2.24) is 0 Å². The Kier molecular flexibility index (Phi) is 11.8. The molecular weight excluding hydrogens is 184 g/mol. The van der Waals surface area contributed by atoms with Gasteiger partial charge in [-0.3, -0.25) is 0 Å². The third-order valence-corrected chi connectivity index (χ3v) is 1.46. The van der Waals surface area contributed by atoms with Crippen molar-refractivity contribution in [2.24, 2.45) is 5.92 Å². The minimum atomic E-state index is 0.833. The quantitative estimate of drug-likeness (QED) is 0.660. The van der Waals surface area contributed by atoms with Crippen LogP contribution in [0.25, 0.3) is 0 Å². The van der Waals surface area contributed by atoms with Crippen LogP contribution in [-0.4, -0.2) is 0 Å². The summed E-state index contributed by atoms with van der Waals surface area (Å²) in [4.78, 5) is 0. The lowest BCUT2D eigenvalue weighted by Crippen LogP contribution is -1.71. The standard InChI is InChI=1S/C8H12O.C4H10.C2H2/c1-3-7-5-8(4-2)9-6-7;1-4(2)3;1-2/h5-6H,3-4H2,1-2H3;4H,1-3H3;1-2H. The molecule has 1 heterocycles. The van der Waals surface area contributed by atoms with E-state index in [4.69, 9.17) is 4.42 Å². The molecule has 0 aromatic carbocycles. The predicted octanol–water partition coefficient (Wildman–Crippen LogP) is 4.32. The highest BCUT2D eigenvalue weighted by Gasteiger charge is 1.94. The lowest BCUT2D eigenvalue weighted by Gasteiger charge is -1.81. The van der Waals surface area contributed by atoms with Crippen LogP contribution >= 0.6 is 0 Å². The molecule has 1 rings (SSSR count). The van der Waals surface area contributed by atoms with Crippen LogP contribution in [0.4, 0.5) is 0 Å². The SMILES string of the molecule is C#C.CC(C)C.CCc1coc(CC)c1. The van der Waals surface area contributed by atoms with Gasteiger partial charge in [0.2, 0.25) is 0 Å². The van der Waals surface area contributed by atoms with Crippen LogP contribution in [0.2, 0.25) is 0 Å². The zero-order chi connectivity index (χ0) is 12.3. The van der Waals surface area contributed by atoms with Crippen LogP contribution < -0.4 is 0 Å². The van der Waals surface area contributed by atoms with Gasteiger partial charge in [0.05, 0.1) is 6.26 Å². The molecule has 1 nitrogen and oxygen atoms in total. The van der Waals surface area contributed by atoms with Crippen LogP contribution in [0.15, 0.2) is 16.7 Å². The Morgan fingerprint density at radius 3 is 1.80 bits per heavy atom. The number of hydrogen-bond acceptors (Lipinski definition) is 1. The van der Waals surface area contributed by atoms with E-state index in [-0.39, 0.29) is 0 Å². The predicted molar refractivity (Wildman–Crippen MR) is 67.9 cm³/mol. The summed E-state index contributed by atoms with van der Waals surface area (Å²) in [5.41, 5.74) is 1.30. The van der Waals surface area contributed by atoms with Crippen molar-refractivity contribution in [2.45, 2.75) is 47.5 Å². The first kappa shape index (κ1) is 16.3. The highest BCUT2D eigenvalue weighted by molar-refractivity contribution is 5.12. The van der Waals surface area contributed by atoms with Crippen LogP contribution in [-0.2, 0) is 12.8 Å². The van der Waals surface area contributed by atoms with Gasteiger partial charge >= 0.3 is 0 Å². The fourth-order valence-corrected chi connectivity index (χ4v) is 0.797. The summed E-state index contributed by atoms with van der Waals surface area (Å²) >= 11 is 0. The van der Waals surface area contributed by atoms with Gasteiger partial charge in [-0.05, 0) is 24.0 Å². The summed E-state index contributed by atoms with van der Waals surface area (Å²) in [5, 5.41) is 0. The molecule has 0 aliphatic carbocycles. The first-order valence-electron chi connectivity index (χ1n) is 5.49. The Morgan fingerprint density at radius 2 is 1.60 bits per heavy atom. The number of aryl methyl sites for hydroxylation is 2. The van der Waals surface area contributed by atoms with Crippen molar-refractivity contribution in [3.05, 3.63) is 23.7 Å². The van der Waals surface area contributed by atoms with Gasteiger partial charge in [-0.1, -0.05) is 34.6 Å². The molecule has 0 fully saturated rings. The van der Waals surface area contributed by atoms with Crippen molar-refractivity contribution in [2.75, 3.05) is 0 Å². The Hall–Kier alpha value is -1.16. The highest BCUT2D eigenvalue weighted by atomic mass is 16.3. The van der Waals surface area contributed by atoms with Gasteiger partial charge in [0.1, 0.15) is 5.76 Å². The molecule has 0 saturated carbocycles. The van der Waals surface area contributed by atoms with Gasteiger partial charge in [0, 0.05) is 6.42 Å². The third-order valence-electron chi connectivity index (χ3n) is 1.46. The maximum absolute atomic E-state index is 5.20. The second-order valence-electron chi connectivity index (χ2n) is 3.86. The molecule has 0 aliphatic rings. The minimum absolute atomic E-state index is 0.833. The monoisotopic (exact) mass is 208 g/mol. The average molecular weight is 208 g/mol. The molecule has 0 bridgehead atoms. The fraction of sp³-hybridized carbons (Fsp3) is 0.571. The Bertz CT molecular complexity index is 222.